The number of nitrogens with zero attached hydrogens (tertiary/aromatic N) is 2. The van der Waals surface area contributed by atoms with Crippen molar-refractivity contribution in [3.63, 3.8) is 0 Å². The first-order valence-corrected chi connectivity index (χ1v) is 9.32. The minimum absolute atomic E-state index is 0.0289. The minimum Gasteiger partial charge on any atom is -0.481 e. The Bertz CT molecular complexity index is 990. The number of halogens is 1. The molecule has 0 spiro atoms. The number of hydrogen-bond acceptors (Lipinski definition) is 3. The normalized spacial score (nSPS) is 11.1. The van der Waals surface area contributed by atoms with Gasteiger partial charge in [-0.25, -0.2) is 0 Å². The molecule has 2 N–H and O–H groups in total. The molecule has 144 valence electrons. The zero-order chi connectivity index (χ0) is 20.1. The number of aryl methyl sites for hydroxylation is 1. The van der Waals surface area contributed by atoms with Crippen LogP contribution in [0.25, 0.3) is 5.69 Å². The summed E-state index contributed by atoms with van der Waals surface area (Å²) in [6, 6.07) is 17.3. The van der Waals surface area contributed by atoms with Crippen LogP contribution in [0, 0.1) is 13.8 Å². The van der Waals surface area contributed by atoms with Gasteiger partial charge in [-0.3, -0.25) is 4.79 Å². The minimum atomic E-state index is -0.828. The summed E-state index contributed by atoms with van der Waals surface area (Å²) in [5.74, 6) is -0.828. The predicted molar refractivity (Wildman–Crippen MR) is 112 cm³/mol. The van der Waals surface area contributed by atoms with Crippen LogP contribution < -0.4 is 5.43 Å². The maximum atomic E-state index is 10.8. The molecule has 0 saturated heterocycles. The van der Waals surface area contributed by atoms with E-state index >= 15 is 0 Å². The number of carboxylic acid groups (broad SMARTS) is 1. The molecule has 6 heteroatoms. The molecule has 0 bridgehead atoms. The number of aliphatic carboxylic acids is 1. The first kappa shape index (κ1) is 19.7. The van der Waals surface area contributed by atoms with Crippen molar-refractivity contribution >= 4 is 23.8 Å². The van der Waals surface area contributed by atoms with Crippen LogP contribution in [0.15, 0.2) is 59.7 Å². The van der Waals surface area contributed by atoms with Crippen LogP contribution in [0.4, 0.5) is 0 Å². The quantitative estimate of drug-likeness (QED) is 0.457. The van der Waals surface area contributed by atoms with Crippen molar-refractivity contribution in [2.75, 3.05) is 0 Å². The smallest absolute Gasteiger partial charge is 0.307 e. The molecule has 0 amide bonds. The highest BCUT2D eigenvalue weighted by atomic mass is 35.5. The van der Waals surface area contributed by atoms with E-state index in [1.54, 1.807) is 0 Å². The Kier molecular flexibility index (Phi) is 6.16. The summed E-state index contributed by atoms with van der Waals surface area (Å²) in [6.45, 7) is 4.70. The third-order valence-electron chi connectivity index (χ3n) is 4.51. The van der Waals surface area contributed by atoms with Gasteiger partial charge in [0.15, 0.2) is 0 Å². The molecule has 0 atom stereocenters. The Labute approximate surface area is 169 Å². The van der Waals surface area contributed by atoms with Gasteiger partial charge in [0.1, 0.15) is 0 Å². The fourth-order valence-corrected chi connectivity index (χ4v) is 3.23. The summed E-state index contributed by atoms with van der Waals surface area (Å²) in [5, 5.41) is 13.9. The van der Waals surface area contributed by atoms with Crippen molar-refractivity contribution < 1.29 is 9.90 Å². The lowest BCUT2D eigenvalue weighted by atomic mass is 10.1. The van der Waals surface area contributed by atoms with E-state index in [2.05, 4.69) is 21.2 Å². The highest BCUT2D eigenvalue weighted by molar-refractivity contribution is 6.30. The SMILES string of the molecule is Cc1cc(/C=N\NCc2ccc(Cl)cc2)c(C)n1-c1ccc(CC(=O)O)cc1. The number of rotatable bonds is 7. The molecule has 5 nitrogen and oxygen atoms in total. The van der Waals surface area contributed by atoms with Crippen molar-refractivity contribution in [1.82, 2.24) is 9.99 Å². The zero-order valence-corrected chi connectivity index (χ0v) is 16.6. The average Bonchev–Trinajstić information content (AvgIpc) is 2.94. The zero-order valence-electron chi connectivity index (χ0n) is 15.8. The van der Waals surface area contributed by atoms with Gasteiger partial charge in [0, 0.05) is 27.7 Å². The molecular formula is C22H22ClN3O2. The van der Waals surface area contributed by atoms with Gasteiger partial charge in [-0.2, -0.15) is 5.10 Å². The molecule has 28 heavy (non-hydrogen) atoms. The fourth-order valence-electron chi connectivity index (χ4n) is 3.11. The van der Waals surface area contributed by atoms with Crippen LogP contribution in [0.1, 0.15) is 28.1 Å². The predicted octanol–water partition coefficient (Wildman–Crippen LogP) is 4.50. The lowest BCUT2D eigenvalue weighted by Gasteiger charge is -2.10. The number of benzene rings is 2. The van der Waals surface area contributed by atoms with Crippen LogP contribution in [0.5, 0.6) is 0 Å². The molecule has 0 radical (unpaired) electrons. The summed E-state index contributed by atoms with van der Waals surface area (Å²) >= 11 is 5.89. The third kappa shape index (κ3) is 4.81. The number of nitrogens with one attached hydrogen (secondary N) is 1. The number of aromatic nitrogens is 1. The monoisotopic (exact) mass is 395 g/mol. The van der Waals surface area contributed by atoms with Crippen molar-refractivity contribution in [2.24, 2.45) is 5.10 Å². The molecule has 0 saturated carbocycles. The standard InChI is InChI=1S/C22H22ClN3O2/c1-15-11-19(14-25-24-13-18-3-7-20(23)8-4-18)16(2)26(15)21-9-5-17(6-10-21)12-22(27)28/h3-11,14,24H,12-13H2,1-2H3,(H,27,28)/b25-14-. The molecule has 0 fully saturated rings. The Morgan fingerprint density at radius 3 is 2.39 bits per heavy atom. The number of hydrogen-bond donors (Lipinski definition) is 2. The van der Waals surface area contributed by atoms with Crippen LogP contribution >= 0.6 is 11.6 Å². The van der Waals surface area contributed by atoms with Gasteiger partial charge in [0.25, 0.3) is 0 Å². The highest BCUT2D eigenvalue weighted by Gasteiger charge is 2.10. The van der Waals surface area contributed by atoms with Gasteiger partial charge < -0.3 is 15.1 Å². The number of carboxylic acids is 1. The molecule has 0 aliphatic rings. The van der Waals surface area contributed by atoms with E-state index in [1.165, 1.54) is 0 Å². The molecule has 0 aliphatic heterocycles. The van der Waals surface area contributed by atoms with E-state index in [9.17, 15) is 4.79 Å². The molecule has 3 rings (SSSR count). The van der Waals surface area contributed by atoms with E-state index in [-0.39, 0.29) is 6.42 Å². The van der Waals surface area contributed by atoms with Crippen LogP contribution in [-0.4, -0.2) is 21.9 Å². The first-order chi connectivity index (χ1) is 13.4. The second-order valence-electron chi connectivity index (χ2n) is 6.62. The number of hydrazone groups is 1. The molecule has 1 aromatic heterocycles. The van der Waals surface area contributed by atoms with Crippen molar-refractivity contribution in [1.29, 1.82) is 0 Å². The first-order valence-electron chi connectivity index (χ1n) is 8.94. The van der Waals surface area contributed by atoms with E-state index in [0.717, 1.165) is 38.8 Å². The summed E-state index contributed by atoms with van der Waals surface area (Å²) < 4.78 is 2.13. The van der Waals surface area contributed by atoms with E-state index < -0.39 is 5.97 Å². The van der Waals surface area contributed by atoms with Gasteiger partial charge in [-0.1, -0.05) is 35.9 Å². The summed E-state index contributed by atoms with van der Waals surface area (Å²) in [5.41, 5.74) is 9.12. The van der Waals surface area contributed by atoms with Crippen molar-refractivity contribution in [3.05, 3.63) is 87.7 Å². The Morgan fingerprint density at radius 1 is 1.11 bits per heavy atom. The molecule has 0 aliphatic carbocycles. The van der Waals surface area contributed by atoms with Crippen LogP contribution in [-0.2, 0) is 17.8 Å². The van der Waals surface area contributed by atoms with Gasteiger partial charge >= 0.3 is 5.97 Å². The molecular weight excluding hydrogens is 374 g/mol. The summed E-state index contributed by atoms with van der Waals surface area (Å²) in [4.78, 5) is 10.8. The van der Waals surface area contributed by atoms with Crippen molar-refractivity contribution in [3.8, 4) is 5.69 Å². The fraction of sp³-hybridized carbons (Fsp3) is 0.182. The lowest BCUT2D eigenvalue weighted by Crippen LogP contribution is -2.05. The average molecular weight is 396 g/mol. The van der Waals surface area contributed by atoms with Gasteiger partial charge in [0.05, 0.1) is 19.2 Å². The third-order valence-corrected chi connectivity index (χ3v) is 4.76. The summed E-state index contributed by atoms with van der Waals surface area (Å²) in [6.07, 6.45) is 1.84. The molecule has 1 heterocycles. The van der Waals surface area contributed by atoms with Crippen molar-refractivity contribution in [2.45, 2.75) is 26.8 Å². The maximum absolute atomic E-state index is 10.8. The molecule has 0 unspecified atom stereocenters. The van der Waals surface area contributed by atoms with Gasteiger partial charge in [0.2, 0.25) is 0 Å². The van der Waals surface area contributed by atoms with E-state index in [4.69, 9.17) is 16.7 Å². The van der Waals surface area contributed by atoms with Gasteiger partial charge in [-0.05, 0) is 55.3 Å². The number of carbonyl (C=O) groups is 1. The maximum Gasteiger partial charge on any atom is 0.307 e. The van der Waals surface area contributed by atoms with Gasteiger partial charge in [-0.15, -0.1) is 0 Å². The Hall–Kier alpha value is -3.05. The topological polar surface area (TPSA) is 66.6 Å². The highest BCUT2D eigenvalue weighted by Crippen LogP contribution is 2.20. The largest absolute Gasteiger partial charge is 0.481 e. The van der Waals surface area contributed by atoms with Crippen LogP contribution in [0.3, 0.4) is 0 Å². The second-order valence-corrected chi connectivity index (χ2v) is 7.05. The van der Waals surface area contributed by atoms with E-state index in [1.807, 2.05) is 68.6 Å². The van der Waals surface area contributed by atoms with E-state index in [0.29, 0.717) is 6.54 Å². The summed E-state index contributed by atoms with van der Waals surface area (Å²) in [7, 11) is 0. The second kappa shape index (κ2) is 8.76. The molecule has 2 aromatic carbocycles. The Morgan fingerprint density at radius 2 is 1.75 bits per heavy atom. The molecule has 3 aromatic rings. The lowest BCUT2D eigenvalue weighted by molar-refractivity contribution is -0.136. The Balaban J connectivity index is 1.70. The van der Waals surface area contributed by atoms with Crippen LogP contribution in [0.2, 0.25) is 5.02 Å².